The predicted octanol–water partition coefficient (Wildman–Crippen LogP) is 8.69. The largest absolute Gasteiger partial charge is 0.496 e. The van der Waals surface area contributed by atoms with Gasteiger partial charge in [0.1, 0.15) is 19.0 Å². The molecule has 1 aliphatic rings. The van der Waals surface area contributed by atoms with Crippen LogP contribution in [0.1, 0.15) is 76.0 Å². The molecule has 0 radical (unpaired) electrons. The summed E-state index contributed by atoms with van der Waals surface area (Å²) in [6.07, 6.45) is 2.00. The minimum absolute atomic E-state index is 0.483. The fourth-order valence-electron chi connectivity index (χ4n) is 4.31. The fourth-order valence-corrected chi connectivity index (χ4v) is 4.31. The summed E-state index contributed by atoms with van der Waals surface area (Å²) < 4.78 is 16.3. The van der Waals surface area contributed by atoms with E-state index in [0.29, 0.717) is 31.0 Å². The second-order valence-corrected chi connectivity index (χ2v) is 9.86. The van der Waals surface area contributed by atoms with E-state index in [4.69, 9.17) is 14.2 Å². The van der Waals surface area contributed by atoms with Crippen molar-refractivity contribution in [2.24, 2.45) is 0 Å². The molecule has 2 heterocycles. The molecule has 4 nitrogen and oxygen atoms in total. The predicted molar refractivity (Wildman–Crippen MR) is 151 cm³/mol. The first-order valence-corrected chi connectivity index (χ1v) is 12.9. The third-order valence-corrected chi connectivity index (χ3v) is 6.23. The van der Waals surface area contributed by atoms with Gasteiger partial charge in [-0.25, -0.2) is 0 Å². The number of aromatic amines is 1. The summed E-state index contributed by atoms with van der Waals surface area (Å²) in [5, 5.41) is 1.35. The smallest absolute Gasteiger partial charge is 0.164 e. The van der Waals surface area contributed by atoms with Crippen molar-refractivity contribution in [2.45, 2.75) is 59.3 Å². The van der Waals surface area contributed by atoms with Crippen molar-refractivity contribution < 1.29 is 14.2 Å². The first-order chi connectivity index (χ1) is 17.3. The number of fused-ring (bicyclic) bond motifs is 2. The molecule has 1 aliphatic heterocycles. The lowest BCUT2D eigenvalue weighted by Gasteiger charge is -2.22. The molecule has 36 heavy (non-hydrogen) atoms. The molecule has 0 saturated heterocycles. The second-order valence-electron chi connectivity index (χ2n) is 9.86. The van der Waals surface area contributed by atoms with E-state index in [2.05, 4.69) is 82.9 Å². The third-order valence-electron chi connectivity index (χ3n) is 6.23. The Kier molecular flexibility index (Phi) is 9.86. The van der Waals surface area contributed by atoms with Crippen LogP contribution in [0.25, 0.3) is 10.9 Å². The molecule has 0 spiro atoms. The Balaban J connectivity index is 0.000000151. The van der Waals surface area contributed by atoms with Crippen LogP contribution >= 0.6 is 0 Å². The zero-order valence-corrected chi connectivity index (χ0v) is 22.8. The van der Waals surface area contributed by atoms with Crippen LogP contribution in [0.5, 0.6) is 17.2 Å². The van der Waals surface area contributed by atoms with Crippen LogP contribution in [0.2, 0.25) is 0 Å². The van der Waals surface area contributed by atoms with Gasteiger partial charge in [-0.2, -0.15) is 0 Å². The van der Waals surface area contributed by atoms with E-state index in [-0.39, 0.29) is 0 Å². The molecule has 0 aliphatic carbocycles. The van der Waals surface area contributed by atoms with Crippen molar-refractivity contribution in [1.82, 2.24) is 4.98 Å². The van der Waals surface area contributed by atoms with E-state index < -0.39 is 0 Å². The summed E-state index contributed by atoms with van der Waals surface area (Å²) in [5.74, 6) is 4.43. The summed E-state index contributed by atoms with van der Waals surface area (Å²) in [5.41, 5.74) is 5.17. The molecular weight excluding hydrogens is 446 g/mol. The van der Waals surface area contributed by atoms with Gasteiger partial charge >= 0.3 is 0 Å². The monoisotopic (exact) mass is 487 g/mol. The number of para-hydroxylation sites is 2. The van der Waals surface area contributed by atoms with Crippen LogP contribution in [0.15, 0.2) is 72.9 Å². The lowest BCUT2D eigenvalue weighted by molar-refractivity contribution is 0.169. The Bertz CT molecular complexity index is 1220. The summed E-state index contributed by atoms with van der Waals surface area (Å²) in [6.45, 7) is 14.4. The molecule has 1 aromatic heterocycles. The lowest BCUT2D eigenvalue weighted by Crippen LogP contribution is -2.16. The third kappa shape index (κ3) is 6.84. The first-order valence-electron chi connectivity index (χ1n) is 12.9. The molecule has 3 aromatic carbocycles. The average Bonchev–Trinajstić information content (AvgIpc) is 3.38. The standard InChI is InChI=1S/C11H13N.C11H14O2.C10H14O/c1-8(2)9-4-3-5-11-10(9)6-7-12-11;1-8(2)9-4-3-5-10-11(9)13-7-6-12-10;1-8(2)9-6-4-5-7-10(9)11-3/h3-8,12H,1-2H3;3-5,8H,6-7H2,1-2H3;4-8H,1-3H3. The lowest BCUT2D eigenvalue weighted by atomic mass is 10.00. The zero-order chi connectivity index (χ0) is 26.1. The van der Waals surface area contributed by atoms with Crippen molar-refractivity contribution in [3.63, 3.8) is 0 Å². The highest BCUT2D eigenvalue weighted by Gasteiger charge is 2.16. The number of hydrogen-bond acceptors (Lipinski definition) is 3. The minimum atomic E-state index is 0.483. The Labute approximate surface area is 216 Å². The van der Waals surface area contributed by atoms with E-state index in [1.165, 1.54) is 27.6 Å². The van der Waals surface area contributed by atoms with Gasteiger partial charge in [-0.1, -0.05) is 84.0 Å². The van der Waals surface area contributed by atoms with Gasteiger partial charge in [0.05, 0.1) is 7.11 Å². The maximum atomic E-state index is 5.59. The van der Waals surface area contributed by atoms with Crippen molar-refractivity contribution in [1.29, 1.82) is 0 Å². The average molecular weight is 488 g/mol. The molecule has 4 heteroatoms. The van der Waals surface area contributed by atoms with Gasteiger partial charge in [0.25, 0.3) is 0 Å². The summed E-state index contributed by atoms with van der Waals surface area (Å²) in [7, 11) is 1.71. The minimum Gasteiger partial charge on any atom is -0.496 e. The number of nitrogens with one attached hydrogen (secondary N) is 1. The van der Waals surface area contributed by atoms with E-state index >= 15 is 0 Å². The number of hydrogen-bond donors (Lipinski definition) is 1. The SMILES string of the molecule is CC(C)c1cccc2[nH]ccc12.CC(C)c1cccc2c1OCCO2.COc1ccccc1C(C)C. The van der Waals surface area contributed by atoms with Gasteiger partial charge in [0, 0.05) is 22.7 Å². The quantitative estimate of drug-likeness (QED) is 0.313. The van der Waals surface area contributed by atoms with E-state index in [9.17, 15) is 0 Å². The molecule has 0 atom stereocenters. The van der Waals surface area contributed by atoms with Crippen LogP contribution in [0.3, 0.4) is 0 Å². The highest BCUT2D eigenvalue weighted by molar-refractivity contribution is 5.83. The number of aromatic nitrogens is 1. The molecule has 1 N–H and O–H groups in total. The maximum absolute atomic E-state index is 5.59. The number of benzene rings is 3. The molecule has 0 bridgehead atoms. The number of rotatable bonds is 4. The zero-order valence-electron chi connectivity index (χ0n) is 22.8. The maximum Gasteiger partial charge on any atom is 0.164 e. The van der Waals surface area contributed by atoms with Crippen LogP contribution in [-0.4, -0.2) is 25.3 Å². The van der Waals surface area contributed by atoms with Crippen LogP contribution in [0, 0.1) is 0 Å². The molecular formula is C32H41NO3. The molecule has 192 valence electrons. The first kappa shape index (κ1) is 27.2. The Morgan fingerprint density at radius 2 is 1.28 bits per heavy atom. The van der Waals surface area contributed by atoms with E-state index in [1.54, 1.807) is 7.11 Å². The topological polar surface area (TPSA) is 43.5 Å². The van der Waals surface area contributed by atoms with Gasteiger partial charge < -0.3 is 19.2 Å². The molecule has 4 aromatic rings. The Hall–Kier alpha value is -3.40. The van der Waals surface area contributed by atoms with Crippen LogP contribution in [0.4, 0.5) is 0 Å². The van der Waals surface area contributed by atoms with Gasteiger partial charge in [-0.3, -0.25) is 0 Å². The van der Waals surface area contributed by atoms with Gasteiger partial charge in [-0.05, 0) is 53.1 Å². The highest BCUT2D eigenvalue weighted by atomic mass is 16.6. The van der Waals surface area contributed by atoms with Gasteiger partial charge in [0.2, 0.25) is 0 Å². The normalized spacial score (nSPS) is 12.2. The summed E-state index contributed by atoms with van der Waals surface area (Å²) >= 11 is 0. The van der Waals surface area contributed by atoms with Crippen LogP contribution < -0.4 is 14.2 Å². The van der Waals surface area contributed by atoms with Crippen molar-refractivity contribution in [3.8, 4) is 17.2 Å². The Morgan fingerprint density at radius 1 is 0.667 bits per heavy atom. The molecule has 0 fully saturated rings. The number of methoxy groups -OCH3 is 1. The van der Waals surface area contributed by atoms with Crippen molar-refractivity contribution in [3.05, 3.63) is 89.6 Å². The van der Waals surface area contributed by atoms with Gasteiger partial charge in [-0.15, -0.1) is 0 Å². The number of ether oxygens (including phenoxy) is 3. The van der Waals surface area contributed by atoms with Gasteiger partial charge in [0.15, 0.2) is 11.5 Å². The number of H-pyrrole nitrogens is 1. The molecule has 0 unspecified atom stereocenters. The van der Waals surface area contributed by atoms with E-state index in [1.807, 2.05) is 36.5 Å². The van der Waals surface area contributed by atoms with Crippen molar-refractivity contribution in [2.75, 3.05) is 20.3 Å². The van der Waals surface area contributed by atoms with Crippen molar-refractivity contribution >= 4 is 10.9 Å². The second kappa shape index (κ2) is 13.1. The molecule has 0 amide bonds. The summed E-state index contributed by atoms with van der Waals surface area (Å²) in [4.78, 5) is 3.21. The Morgan fingerprint density at radius 3 is 1.94 bits per heavy atom. The van der Waals surface area contributed by atoms with Crippen LogP contribution in [-0.2, 0) is 0 Å². The molecule has 0 saturated carbocycles. The summed E-state index contributed by atoms with van der Waals surface area (Å²) in [6, 6.07) is 22.8. The van der Waals surface area contributed by atoms with E-state index in [0.717, 1.165) is 17.2 Å². The highest BCUT2D eigenvalue weighted by Crippen LogP contribution is 2.37. The fraction of sp³-hybridized carbons (Fsp3) is 0.375. The molecule has 5 rings (SSSR count).